The average Bonchev–Trinajstić information content (AvgIpc) is 2.64. The van der Waals surface area contributed by atoms with E-state index in [0.29, 0.717) is 16.6 Å². The highest BCUT2D eigenvalue weighted by Crippen LogP contribution is 2.44. The highest BCUT2D eigenvalue weighted by atomic mass is 28.4. The minimum atomic E-state index is -2.11. The molecule has 0 unspecified atom stereocenters. The number of hydrogen-bond acceptors (Lipinski definition) is 3. The van der Waals surface area contributed by atoms with E-state index in [2.05, 4.69) is 68.9 Å². The summed E-state index contributed by atoms with van der Waals surface area (Å²) < 4.78 is 13.5. The molecule has 0 radical (unpaired) electrons. The predicted molar refractivity (Wildman–Crippen MR) is 133 cm³/mol. The van der Waals surface area contributed by atoms with Gasteiger partial charge in [0.1, 0.15) is 6.10 Å². The highest BCUT2D eigenvalue weighted by molar-refractivity contribution is 6.77. The third kappa shape index (κ3) is 6.62. The van der Waals surface area contributed by atoms with Crippen LogP contribution in [0.4, 0.5) is 0 Å². The molecule has 0 spiro atoms. The second-order valence-corrected chi connectivity index (χ2v) is 20.0. The van der Waals surface area contributed by atoms with Gasteiger partial charge in [0, 0.05) is 5.92 Å². The molecule has 0 aromatic rings. The van der Waals surface area contributed by atoms with Gasteiger partial charge in [0.05, 0.1) is 6.10 Å². The van der Waals surface area contributed by atoms with Gasteiger partial charge >= 0.3 is 0 Å². The summed E-state index contributed by atoms with van der Waals surface area (Å²) in [7, 11) is -3.94. The first-order chi connectivity index (χ1) is 13.3. The van der Waals surface area contributed by atoms with Crippen LogP contribution in [-0.2, 0) is 13.6 Å². The van der Waals surface area contributed by atoms with Crippen molar-refractivity contribution < 1.29 is 13.6 Å². The second kappa shape index (κ2) is 12.0. The maximum absolute atomic E-state index is 13.4. The fourth-order valence-corrected chi connectivity index (χ4v) is 13.7. The number of hydrogen-bond donors (Lipinski definition) is 0. The minimum absolute atomic E-state index is 0.157. The molecule has 0 amide bonds. The molecule has 5 heteroatoms. The van der Waals surface area contributed by atoms with Gasteiger partial charge in [0.15, 0.2) is 14.1 Å². The first kappa shape index (κ1) is 28.8. The Morgan fingerprint density at radius 2 is 1.17 bits per heavy atom. The Labute approximate surface area is 184 Å². The van der Waals surface area contributed by atoms with Crippen LogP contribution in [0, 0.1) is 5.92 Å². The lowest BCUT2D eigenvalue weighted by molar-refractivity contribution is -0.131. The molecule has 0 N–H and O–H groups in total. The summed E-state index contributed by atoms with van der Waals surface area (Å²) in [6, 6.07) is 3.16. The summed E-state index contributed by atoms with van der Waals surface area (Å²) in [5.74, 6) is -0.0905. The molecule has 0 aromatic heterocycles. The topological polar surface area (TPSA) is 35.5 Å². The van der Waals surface area contributed by atoms with Crippen molar-refractivity contribution in [1.82, 2.24) is 0 Å². The molecule has 0 rings (SSSR count). The largest absolute Gasteiger partial charge is 0.409 e. The van der Waals surface area contributed by atoms with E-state index in [-0.39, 0.29) is 23.9 Å². The lowest BCUT2D eigenvalue weighted by Crippen LogP contribution is -2.53. The smallest absolute Gasteiger partial charge is 0.201 e. The Balaban J connectivity index is 5.79. The molecule has 0 aliphatic heterocycles. The first-order valence-electron chi connectivity index (χ1n) is 11.8. The molecule has 3 nitrogen and oxygen atoms in total. The number of carbonyl (C=O) groups excluding carboxylic acids is 1. The Morgan fingerprint density at radius 3 is 1.45 bits per heavy atom. The monoisotopic (exact) mass is 442 g/mol. The van der Waals surface area contributed by atoms with Gasteiger partial charge < -0.3 is 8.85 Å². The molecular formula is C24H50O3Si2. The third-order valence-corrected chi connectivity index (χ3v) is 18.0. The highest BCUT2D eigenvalue weighted by Gasteiger charge is 2.48. The van der Waals surface area contributed by atoms with Crippen LogP contribution in [0.2, 0.25) is 34.8 Å². The number of ketones is 1. The molecule has 0 saturated heterocycles. The summed E-state index contributed by atoms with van der Waals surface area (Å²) in [5, 5.41) is 0. The third-order valence-electron chi connectivity index (χ3n) is 7.19. The van der Waals surface area contributed by atoms with Crippen LogP contribution in [0.15, 0.2) is 12.2 Å². The zero-order valence-corrected chi connectivity index (χ0v) is 23.5. The van der Waals surface area contributed by atoms with Gasteiger partial charge in [0.25, 0.3) is 0 Å². The summed E-state index contributed by atoms with van der Waals surface area (Å²) in [5.41, 5.74) is 2.36. The lowest BCUT2D eigenvalue weighted by atomic mass is 9.93. The summed E-state index contributed by atoms with van der Waals surface area (Å²) >= 11 is 0. The SMILES string of the molecule is C=C(C)[C@H](O[Si](C(C)C)(C(C)C)C(C)C)[C@@H](C)C(=O)[C@H](C)O[Si](CC)(CC)CC. The van der Waals surface area contributed by atoms with Gasteiger partial charge in [-0.05, 0) is 48.6 Å². The van der Waals surface area contributed by atoms with Crippen LogP contribution in [-0.4, -0.2) is 34.6 Å². The molecule has 29 heavy (non-hydrogen) atoms. The van der Waals surface area contributed by atoms with E-state index in [4.69, 9.17) is 8.85 Å². The summed E-state index contributed by atoms with van der Waals surface area (Å²) in [4.78, 5) is 13.4. The van der Waals surface area contributed by atoms with Crippen molar-refractivity contribution in [2.75, 3.05) is 0 Å². The summed E-state index contributed by atoms with van der Waals surface area (Å²) in [6.45, 7) is 30.5. The van der Waals surface area contributed by atoms with E-state index in [0.717, 1.165) is 23.7 Å². The van der Waals surface area contributed by atoms with Crippen LogP contribution < -0.4 is 0 Å². The van der Waals surface area contributed by atoms with E-state index in [1.165, 1.54) is 0 Å². The molecule has 0 aliphatic rings. The molecule has 0 aromatic carbocycles. The molecule has 0 fully saturated rings. The minimum Gasteiger partial charge on any atom is -0.409 e. The van der Waals surface area contributed by atoms with Gasteiger partial charge in [-0.3, -0.25) is 4.79 Å². The molecule has 0 saturated carbocycles. The van der Waals surface area contributed by atoms with Gasteiger partial charge in [-0.15, -0.1) is 0 Å². The molecule has 0 bridgehead atoms. The molecular weight excluding hydrogens is 392 g/mol. The number of carbonyl (C=O) groups is 1. The van der Waals surface area contributed by atoms with Gasteiger partial charge in [-0.2, -0.15) is 0 Å². The van der Waals surface area contributed by atoms with Gasteiger partial charge in [0.2, 0.25) is 8.32 Å². The fourth-order valence-electron chi connectivity index (χ4n) is 5.21. The van der Waals surface area contributed by atoms with Crippen molar-refractivity contribution in [3.05, 3.63) is 12.2 Å². The fraction of sp³-hybridized carbons (Fsp3) is 0.875. The molecule has 0 heterocycles. The normalized spacial score (nSPS) is 16.4. The zero-order valence-electron chi connectivity index (χ0n) is 21.5. The molecule has 0 aliphatic carbocycles. The standard InChI is InChI=1S/C24H50O3Si2/c1-14-28(15-2,16-3)26-22(13)23(25)21(12)24(17(4)5)27-29(18(6)7,19(8)9)20(10)11/h18-22,24H,4,14-16H2,1-3,5-13H3/t21-,22-,24-/m0/s1. The van der Waals surface area contributed by atoms with Crippen molar-refractivity contribution in [3.63, 3.8) is 0 Å². The van der Waals surface area contributed by atoms with Crippen molar-refractivity contribution in [3.8, 4) is 0 Å². The molecule has 172 valence electrons. The Hall–Kier alpha value is -0.236. The van der Waals surface area contributed by atoms with Crippen molar-refractivity contribution in [2.45, 2.75) is 130 Å². The maximum atomic E-state index is 13.4. The van der Waals surface area contributed by atoms with Crippen molar-refractivity contribution in [2.24, 2.45) is 5.92 Å². The average molecular weight is 443 g/mol. The van der Waals surface area contributed by atoms with Gasteiger partial charge in [-0.25, -0.2) is 0 Å². The van der Waals surface area contributed by atoms with Crippen molar-refractivity contribution in [1.29, 1.82) is 0 Å². The quantitative estimate of drug-likeness (QED) is 0.204. The first-order valence-corrected chi connectivity index (χ1v) is 16.5. The van der Waals surface area contributed by atoms with Crippen LogP contribution in [0.3, 0.4) is 0 Å². The van der Waals surface area contributed by atoms with Crippen LogP contribution in [0.25, 0.3) is 0 Å². The maximum Gasteiger partial charge on any atom is 0.201 e. The zero-order chi connectivity index (χ0) is 23.2. The van der Waals surface area contributed by atoms with Crippen molar-refractivity contribution >= 4 is 22.4 Å². The second-order valence-electron chi connectivity index (χ2n) is 9.90. The van der Waals surface area contributed by atoms with Gasteiger partial charge in [-0.1, -0.05) is 81.4 Å². The number of Topliss-reactive ketones (excluding diaryl/α,β-unsaturated/α-hetero) is 1. The Bertz CT molecular complexity index is 494. The van der Waals surface area contributed by atoms with E-state index >= 15 is 0 Å². The van der Waals surface area contributed by atoms with E-state index in [1.807, 2.05) is 20.8 Å². The van der Waals surface area contributed by atoms with E-state index < -0.39 is 16.6 Å². The number of rotatable bonds is 14. The van der Waals surface area contributed by atoms with Crippen LogP contribution in [0.1, 0.15) is 83.1 Å². The molecule has 3 atom stereocenters. The predicted octanol–water partition coefficient (Wildman–Crippen LogP) is 7.74. The van der Waals surface area contributed by atoms with Crippen LogP contribution in [0.5, 0.6) is 0 Å². The van der Waals surface area contributed by atoms with E-state index in [9.17, 15) is 4.79 Å². The lowest BCUT2D eigenvalue weighted by Gasteiger charge is -2.46. The summed E-state index contributed by atoms with van der Waals surface area (Å²) in [6.07, 6.45) is -0.622. The Morgan fingerprint density at radius 1 is 0.793 bits per heavy atom. The Kier molecular flexibility index (Phi) is 11.9. The van der Waals surface area contributed by atoms with Crippen LogP contribution >= 0.6 is 0 Å². The van der Waals surface area contributed by atoms with E-state index in [1.54, 1.807) is 0 Å².